The van der Waals surface area contributed by atoms with E-state index in [0.717, 1.165) is 34.3 Å². The van der Waals surface area contributed by atoms with Gasteiger partial charge in [0.2, 0.25) is 0 Å². The Hall–Kier alpha value is -2.88. The first kappa shape index (κ1) is 14.1. The lowest BCUT2D eigenvalue weighted by molar-refractivity contribution is 0.415. The highest BCUT2D eigenvalue weighted by Gasteiger charge is 2.05. The van der Waals surface area contributed by atoms with Crippen molar-refractivity contribution in [3.8, 4) is 17.1 Å². The van der Waals surface area contributed by atoms with Crippen LogP contribution in [0.25, 0.3) is 11.4 Å². The predicted molar refractivity (Wildman–Crippen MR) is 88.5 cm³/mol. The summed E-state index contributed by atoms with van der Waals surface area (Å²) in [6.07, 6.45) is 0. The third-order valence-corrected chi connectivity index (χ3v) is 3.25. The van der Waals surface area contributed by atoms with Gasteiger partial charge in [0.25, 0.3) is 0 Å². The minimum atomic E-state index is 0.719. The van der Waals surface area contributed by atoms with Crippen LogP contribution in [0.2, 0.25) is 0 Å². The minimum absolute atomic E-state index is 0.719. The van der Waals surface area contributed by atoms with E-state index in [2.05, 4.69) is 15.3 Å². The van der Waals surface area contributed by atoms with E-state index in [1.54, 1.807) is 7.11 Å². The molecule has 1 aromatic heterocycles. The van der Waals surface area contributed by atoms with Gasteiger partial charge in [-0.05, 0) is 31.2 Å². The number of aryl methyl sites for hydroxylation is 1. The summed E-state index contributed by atoms with van der Waals surface area (Å²) in [6, 6.07) is 19.6. The van der Waals surface area contributed by atoms with Crippen molar-refractivity contribution in [2.75, 3.05) is 12.4 Å². The van der Waals surface area contributed by atoms with Crippen LogP contribution in [-0.2, 0) is 0 Å². The maximum absolute atomic E-state index is 5.16. The molecule has 0 aliphatic carbocycles. The molecule has 22 heavy (non-hydrogen) atoms. The van der Waals surface area contributed by atoms with Gasteiger partial charge in [0.15, 0.2) is 5.82 Å². The Bertz CT molecular complexity index is 755. The monoisotopic (exact) mass is 291 g/mol. The van der Waals surface area contributed by atoms with E-state index in [9.17, 15) is 0 Å². The fourth-order valence-electron chi connectivity index (χ4n) is 2.17. The molecule has 0 spiro atoms. The summed E-state index contributed by atoms with van der Waals surface area (Å²) < 4.78 is 5.16. The molecular formula is C18H17N3O. The van der Waals surface area contributed by atoms with Gasteiger partial charge >= 0.3 is 0 Å². The molecule has 1 N–H and O–H groups in total. The van der Waals surface area contributed by atoms with Gasteiger partial charge in [-0.3, -0.25) is 0 Å². The number of anilines is 2. The van der Waals surface area contributed by atoms with Crippen molar-refractivity contribution >= 4 is 11.5 Å². The van der Waals surface area contributed by atoms with Crippen molar-refractivity contribution in [2.45, 2.75) is 6.92 Å². The Balaban J connectivity index is 1.89. The molecule has 2 aromatic carbocycles. The fourth-order valence-corrected chi connectivity index (χ4v) is 2.17. The molecule has 0 atom stereocenters. The van der Waals surface area contributed by atoms with Gasteiger partial charge < -0.3 is 10.1 Å². The summed E-state index contributed by atoms with van der Waals surface area (Å²) in [7, 11) is 1.66. The highest BCUT2D eigenvalue weighted by Crippen LogP contribution is 2.22. The Kier molecular flexibility index (Phi) is 4.01. The van der Waals surface area contributed by atoms with Crippen molar-refractivity contribution in [2.24, 2.45) is 0 Å². The number of nitrogens with one attached hydrogen (secondary N) is 1. The van der Waals surface area contributed by atoms with Gasteiger partial charge in [0, 0.05) is 23.0 Å². The van der Waals surface area contributed by atoms with Crippen LogP contribution in [-0.4, -0.2) is 17.1 Å². The molecule has 0 amide bonds. The molecule has 0 unspecified atom stereocenters. The van der Waals surface area contributed by atoms with E-state index >= 15 is 0 Å². The molecule has 110 valence electrons. The molecule has 0 aliphatic rings. The zero-order valence-electron chi connectivity index (χ0n) is 12.6. The van der Waals surface area contributed by atoms with Crippen LogP contribution in [0.1, 0.15) is 5.69 Å². The third-order valence-electron chi connectivity index (χ3n) is 3.25. The highest BCUT2D eigenvalue weighted by molar-refractivity contribution is 5.62. The lowest BCUT2D eigenvalue weighted by Gasteiger charge is -2.09. The first-order valence-electron chi connectivity index (χ1n) is 7.07. The molecule has 4 nitrogen and oxygen atoms in total. The number of benzene rings is 2. The van der Waals surface area contributed by atoms with Crippen molar-refractivity contribution < 1.29 is 4.74 Å². The van der Waals surface area contributed by atoms with E-state index in [1.165, 1.54) is 0 Å². The second kappa shape index (κ2) is 6.26. The van der Waals surface area contributed by atoms with Crippen molar-refractivity contribution in [3.05, 3.63) is 66.4 Å². The number of rotatable bonds is 4. The summed E-state index contributed by atoms with van der Waals surface area (Å²) >= 11 is 0. The van der Waals surface area contributed by atoms with E-state index in [4.69, 9.17) is 4.74 Å². The topological polar surface area (TPSA) is 47.0 Å². The predicted octanol–water partition coefficient (Wildman–Crippen LogP) is 4.20. The summed E-state index contributed by atoms with van der Waals surface area (Å²) in [6.45, 7) is 1.97. The maximum atomic E-state index is 5.16. The smallest absolute Gasteiger partial charge is 0.161 e. The lowest BCUT2D eigenvalue weighted by atomic mass is 10.2. The van der Waals surface area contributed by atoms with E-state index in [-0.39, 0.29) is 0 Å². The van der Waals surface area contributed by atoms with E-state index in [0.29, 0.717) is 0 Å². The van der Waals surface area contributed by atoms with Gasteiger partial charge in [0.05, 0.1) is 7.11 Å². The lowest BCUT2D eigenvalue weighted by Crippen LogP contribution is -1.99. The van der Waals surface area contributed by atoms with Crippen LogP contribution in [0.15, 0.2) is 60.7 Å². The van der Waals surface area contributed by atoms with Gasteiger partial charge in [-0.25, -0.2) is 9.97 Å². The van der Waals surface area contributed by atoms with Crippen LogP contribution in [0.5, 0.6) is 5.75 Å². The van der Waals surface area contributed by atoms with Crippen molar-refractivity contribution in [1.82, 2.24) is 9.97 Å². The van der Waals surface area contributed by atoms with Gasteiger partial charge in [-0.2, -0.15) is 0 Å². The molecule has 0 fully saturated rings. The van der Waals surface area contributed by atoms with Crippen LogP contribution in [0, 0.1) is 6.92 Å². The van der Waals surface area contributed by atoms with Crippen molar-refractivity contribution in [1.29, 1.82) is 0 Å². The molecule has 1 heterocycles. The molecule has 0 aliphatic heterocycles. The molecule has 0 saturated carbocycles. The first-order chi connectivity index (χ1) is 10.7. The molecule has 0 bridgehead atoms. The maximum Gasteiger partial charge on any atom is 0.161 e. The van der Waals surface area contributed by atoms with E-state index in [1.807, 2.05) is 67.6 Å². The minimum Gasteiger partial charge on any atom is -0.497 e. The summed E-state index contributed by atoms with van der Waals surface area (Å²) in [4.78, 5) is 9.09. The summed E-state index contributed by atoms with van der Waals surface area (Å²) in [5, 5.41) is 3.30. The van der Waals surface area contributed by atoms with Crippen LogP contribution in [0.4, 0.5) is 11.5 Å². The molecule has 3 rings (SSSR count). The number of nitrogens with zero attached hydrogens (tertiary/aromatic N) is 2. The normalized spacial score (nSPS) is 10.3. The van der Waals surface area contributed by atoms with Crippen LogP contribution in [0.3, 0.4) is 0 Å². The second-order valence-electron chi connectivity index (χ2n) is 4.94. The van der Waals surface area contributed by atoms with Gasteiger partial charge in [-0.15, -0.1) is 0 Å². The standard InChI is InChI=1S/C18H17N3O/c1-13-12-17(20-15-8-10-16(22-2)11-9-15)21-18(19-13)14-6-4-3-5-7-14/h3-12H,1-2H3,(H,19,20,21). The molecular weight excluding hydrogens is 274 g/mol. The first-order valence-corrected chi connectivity index (χ1v) is 7.07. The zero-order chi connectivity index (χ0) is 15.4. The Morgan fingerprint density at radius 2 is 1.64 bits per heavy atom. The highest BCUT2D eigenvalue weighted by atomic mass is 16.5. The number of hydrogen-bond donors (Lipinski definition) is 1. The summed E-state index contributed by atoms with van der Waals surface area (Å²) in [5.74, 6) is 2.32. The Morgan fingerprint density at radius 3 is 2.32 bits per heavy atom. The summed E-state index contributed by atoms with van der Waals surface area (Å²) in [5.41, 5.74) is 2.88. The number of ether oxygens (including phenoxy) is 1. The van der Waals surface area contributed by atoms with Gasteiger partial charge in [0.1, 0.15) is 11.6 Å². The average Bonchev–Trinajstić information content (AvgIpc) is 2.56. The van der Waals surface area contributed by atoms with Gasteiger partial charge in [-0.1, -0.05) is 30.3 Å². The quantitative estimate of drug-likeness (QED) is 0.782. The molecule has 0 radical (unpaired) electrons. The number of aromatic nitrogens is 2. The molecule has 0 saturated heterocycles. The average molecular weight is 291 g/mol. The third kappa shape index (κ3) is 3.23. The fraction of sp³-hybridized carbons (Fsp3) is 0.111. The van der Waals surface area contributed by atoms with Crippen LogP contribution < -0.4 is 10.1 Å². The van der Waals surface area contributed by atoms with E-state index < -0.39 is 0 Å². The largest absolute Gasteiger partial charge is 0.497 e. The van der Waals surface area contributed by atoms with Crippen molar-refractivity contribution in [3.63, 3.8) is 0 Å². The van der Waals surface area contributed by atoms with Crippen LogP contribution >= 0.6 is 0 Å². The zero-order valence-corrected chi connectivity index (χ0v) is 12.6. The second-order valence-corrected chi connectivity index (χ2v) is 4.94. The number of hydrogen-bond acceptors (Lipinski definition) is 4. The number of methoxy groups -OCH3 is 1. The Morgan fingerprint density at radius 1 is 0.909 bits per heavy atom. The Labute approximate surface area is 129 Å². The SMILES string of the molecule is COc1ccc(Nc2cc(C)nc(-c3ccccc3)n2)cc1. The molecule has 3 aromatic rings. The molecule has 4 heteroatoms.